The largest absolute Gasteiger partial charge is 0.489 e. The Kier molecular flexibility index (Phi) is 4.94. The summed E-state index contributed by atoms with van der Waals surface area (Å²) in [4.78, 5) is 24.0. The Morgan fingerprint density at radius 1 is 1.04 bits per heavy atom. The summed E-state index contributed by atoms with van der Waals surface area (Å²) in [5, 5.41) is 0. The molecule has 1 fully saturated rings. The van der Waals surface area contributed by atoms with Gasteiger partial charge in [-0.15, -0.1) is 0 Å². The van der Waals surface area contributed by atoms with Crippen LogP contribution in [-0.2, 0) is 25.7 Å². The van der Waals surface area contributed by atoms with Gasteiger partial charge in [-0.25, -0.2) is 18.4 Å². The molecule has 0 N–H and O–H groups in total. The summed E-state index contributed by atoms with van der Waals surface area (Å²) in [6.07, 6.45) is 1.32. The van der Waals surface area contributed by atoms with Gasteiger partial charge in [-0.2, -0.15) is 0 Å². The van der Waals surface area contributed by atoms with Gasteiger partial charge in [-0.05, 0) is 35.9 Å². The monoisotopic (exact) mass is 374 g/mol. The number of carbonyl (C=O) groups excluding carboxylic acids is 2. The maximum atomic E-state index is 13.7. The lowest BCUT2D eigenvalue weighted by Crippen LogP contribution is -2.41. The summed E-state index contributed by atoms with van der Waals surface area (Å²) in [7, 11) is 0. The third kappa shape index (κ3) is 4.49. The highest BCUT2D eigenvalue weighted by molar-refractivity contribution is 6.18. The number of carbonyl (C=O) groups is 2. The smallest absolute Gasteiger partial charge is 0.348 e. The minimum atomic E-state index is -1.31. The second-order valence-electron chi connectivity index (χ2n) is 6.33. The van der Waals surface area contributed by atoms with Crippen molar-refractivity contribution in [1.82, 2.24) is 0 Å². The minimum absolute atomic E-state index is 0.107. The van der Waals surface area contributed by atoms with Gasteiger partial charge in [0.05, 0.1) is 0 Å². The van der Waals surface area contributed by atoms with Crippen molar-refractivity contribution in [2.24, 2.45) is 0 Å². The average Bonchev–Trinajstić information content (AvgIpc) is 2.57. The van der Waals surface area contributed by atoms with Crippen molar-refractivity contribution in [3.8, 4) is 5.75 Å². The molecule has 7 heteroatoms. The molecule has 1 heterocycles. The number of hydrogen-bond donors (Lipinski definition) is 0. The SMILES string of the molecule is CC1(C)OC(=O)C(=Cc2cccc(OCc3ccc(F)cc3F)c2)C(=O)O1. The Hall–Kier alpha value is -3.22. The zero-order valence-electron chi connectivity index (χ0n) is 14.6. The van der Waals surface area contributed by atoms with Crippen LogP contribution < -0.4 is 4.74 Å². The van der Waals surface area contributed by atoms with E-state index in [1.807, 2.05) is 0 Å². The molecule has 0 aliphatic carbocycles. The fraction of sp³-hybridized carbons (Fsp3) is 0.200. The summed E-state index contributed by atoms with van der Waals surface area (Å²) in [5.74, 6) is -3.86. The number of rotatable bonds is 4. The lowest BCUT2D eigenvalue weighted by molar-refractivity contribution is -0.222. The fourth-order valence-electron chi connectivity index (χ4n) is 2.44. The molecule has 2 aromatic rings. The number of benzene rings is 2. The first kappa shape index (κ1) is 18.6. The Balaban J connectivity index is 1.76. The quantitative estimate of drug-likeness (QED) is 0.463. The molecule has 2 aromatic carbocycles. The number of halogens is 2. The van der Waals surface area contributed by atoms with E-state index in [2.05, 4.69) is 0 Å². The zero-order valence-corrected chi connectivity index (χ0v) is 14.6. The van der Waals surface area contributed by atoms with Gasteiger partial charge in [-0.1, -0.05) is 12.1 Å². The van der Waals surface area contributed by atoms with Crippen LogP contribution in [0.4, 0.5) is 8.78 Å². The highest BCUT2D eigenvalue weighted by atomic mass is 19.1. The van der Waals surface area contributed by atoms with Crippen molar-refractivity contribution in [1.29, 1.82) is 0 Å². The predicted molar refractivity (Wildman–Crippen MR) is 91.4 cm³/mol. The van der Waals surface area contributed by atoms with Crippen LogP contribution >= 0.6 is 0 Å². The molecule has 27 heavy (non-hydrogen) atoms. The molecule has 0 aromatic heterocycles. The van der Waals surface area contributed by atoms with Gasteiger partial charge in [0.25, 0.3) is 5.79 Å². The fourth-order valence-corrected chi connectivity index (χ4v) is 2.44. The third-order valence-corrected chi connectivity index (χ3v) is 3.70. The molecule has 1 saturated heterocycles. The van der Waals surface area contributed by atoms with Gasteiger partial charge in [0, 0.05) is 25.5 Å². The van der Waals surface area contributed by atoms with Crippen LogP contribution in [0.25, 0.3) is 6.08 Å². The third-order valence-electron chi connectivity index (χ3n) is 3.70. The molecule has 3 rings (SSSR count). The van der Waals surface area contributed by atoms with E-state index in [4.69, 9.17) is 14.2 Å². The second-order valence-corrected chi connectivity index (χ2v) is 6.33. The Bertz CT molecular complexity index is 912. The number of cyclic esters (lactones) is 2. The van der Waals surface area contributed by atoms with E-state index in [9.17, 15) is 18.4 Å². The number of hydrogen-bond acceptors (Lipinski definition) is 5. The van der Waals surface area contributed by atoms with Crippen molar-refractivity contribution in [2.75, 3.05) is 0 Å². The van der Waals surface area contributed by atoms with Gasteiger partial charge in [0.1, 0.15) is 29.6 Å². The van der Waals surface area contributed by atoms with Crippen LogP contribution in [0.1, 0.15) is 25.0 Å². The van der Waals surface area contributed by atoms with E-state index in [0.717, 1.165) is 12.1 Å². The summed E-state index contributed by atoms with van der Waals surface area (Å²) in [6, 6.07) is 9.71. The molecular formula is C20H16F2O5. The molecule has 0 atom stereocenters. The predicted octanol–water partition coefficient (Wildman–Crippen LogP) is 3.76. The lowest BCUT2D eigenvalue weighted by atomic mass is 10.1. The van der Waals surface area contributed by atoms with Gasteiger partial charge >= 0.3 is 11.9 Å². The van der Waals surface area contributed by atoms with Gasteiger partial charge in [0.2, 0.25) is 0 Å². The standard InChI is InChI=1S/C20H16F2O5/c1-20(2)26-18(23)16(19(24)27-20)9-12-4-3-5-15(8-12)25-11-13-6-7-14(21)10-17(13)22/h3-10H,11H2,1-2H3. The van der Waals surface area contributed by atoms with Gasteiger partial charge in [0.15, 0.2) is 0 Å². The summed E-state index contributed by atoms with van der Waals surface area (Å²) in [5.41, 5.74) is 0.452. The second kappa shape index (κ2) is 7.19. The van der Waals surface area contributed by atoms with Crippen LogP contribution in [0.2, 0.25) is 0 Å². The van der Waals surface area contributed by atoms with Crippen LogP contribution in [-0.4, -0.2) is 17.7 Å². The summed E-state index contributed by atoms with van der Waals surface area (Å²) >= 11 is 0. The first-order valence-corrected chi connectivity index (χ1v) is 8.09. The maximum Gasteiger partial charge on any atom is 0.348 e. The summed E-state index contributed by atoms with van der Waals surface area (Å²) < 4.78 is 42.2. The molecule has 0 spiro atoms. The van der Waals surface area contributed by atoms with E-state index in [0.29, 0.717) is 11.3 Å². The Labute approximate surface area is 154 Å². The van der Waals surface area contributed by atoms with Crippen LogP contribution in [0.5, 0.6) is 5.75 Å². The van der Waals surface area contributed by atoms with Crippen LogP contribution in [0.3, 0.4) is 0 Å². The van der Waals surface area contributed by atoms with E-state index in [1.165, 1.54) is 26.0 Å². The van der Waals surface area contributed by atoms with Crippen molar-refractivity contribution in [2.45, 2.75) is 26.2 Å². The molecule has 1 aliphatic heterocycles. The highest BCUT2D eigenvalue weighted by Gasteiger charge is 2.38. The van der Waals surface area contributed by atoms with Crippen LogP contribution in [0, 0.1) is 11.6 Å². The molecule has 0 saturated carbocycles. The van der Waals surface area contributed by atoms with Crippen molar-refractivity contribution in [3.63, 3.8) is 0 Å². The molecular weight excluding hydrogens is 358 g/mol. The normalized spacial score (nSPS) is 15.8. The molecule has 140 valence electrons. The van der Waals surface area contributed by atoms with E-state index >= 15 is 0 Å². The zero-order chi connectivity index (χ0) is 19.6. The van der Waals surface area contributed by atoms with Gasteiger partial charge < -0.3 is 14.2 Å². The van der Waals surface area contributed by atoms with E-state index < -0.39 is 29.4 Å². The maximum absolute atomic E-state index is 13.7. The molecule has 0 unspecified atom stereocenters. The average molecular weight is 374 g/mol. The summed E-state index contributed by atoms with van der Waals surface area (Å²) in [6.45, 7) is 2.82. The minimum Gasteiger partial charge on any atom is -0.489 e. The number of esters is 2. The molecule has 0 radical (unpaired) electrons. The van der Waals surface area contributed by atoms with Crippen LogP contribution in [0.15, 0.2) is 48.0 Å². The highest BCUT2D eigenvalue weighted by Crippen LogP contribution is 2.25. The van der Waals surface area contributed by atoms with E-state index in [-0.39, 0.29) is 17.7 Å². The molecule has 5 nitrogen and oxygen atoms in total. The first-order valence-electron chi connectivity index (χ1n) is 8.09. The first-order chi connectivity index (χ1) is 12.7. The van der Waals surface area contributed by atoms with Crippen molar-refractivity contribution >= 4 is 18.0 Å². The van der Waals surface area contributed by atoms with Crippen molar-refractivity contribution in [3.05, 3.63) is 70.8 Å². The molecule has 0 amide bonds. The Morgan fingerprint density at radius 3 is 2.41 bits per heavy atom. The Morgan fingerprint density at radius 2 is 1.74 bits per heavy atom. The van der Waals surface area contributed by atoms with E-state index in [1.54, 1.807) is 24.3 Å². The molecule has 1 aliphatic rings. The topological polar surface area (TPSA) is 61.8 Å². The van der Waals surface area contributed by atoms with Gasteiger partial charge in [-0.3, -0.25) is 0 Å². The molecule has 0 bridgehead atoms. The lowest BCUT2D eigenvalue weighted by Gasteiger charge is -2.29. The number of ether oxygens (including phenoxy) is 3. The van der Waals surface area contributed by atoms with Crippen molar-refractivity contribution < 1.29 is 32.6 Å².